The van der Waals surface area contributed by atoms with Gasteiger partial charge in [-0.25, -0.2) is 34.9 Å². The van der Waals surface area contributed by atoms with Crippen molar-refractivity contribution < 1.29 is 25.8 Å². The second-order valence-corrected chi connectivity index (χ2v) is 38.5. The Balaban J connectivity index is 0.000000132. The molecule has 0 spiro atoms. The Morgan fingerprint density at radius 3 is 1.07 bits per heavy atom. The predicted octanol–water partition coefficient (Wildman–Crippen LogP) is 31.5. The van der Waals surface area contributed by atoms with Crippen molar-refractivity contribution in [2.75, 3.05) is 0 Å². The van der Waals surface area contributed by atoms with E-state index in [-0.39, 0.29) is 31.9 Å². The van der Waals surface area contributed by atoms with Crippen LogP contribution in [0.25, 0.3) is 190 Å². The summed E-state index contributed by atoms with van der Waals surface area (Å²) in [6.07, 6.45) is 1.83. The van der Waals surface area contributed by atoms with Crippen molar-refractivity contribution in [3.05, 3.63) is 442 Å². The number of aryl methyl sites for hydroxylation is 10. The average Bonchev–Trinajstić information content (AvgIpc) is 1.47. The van der Waals surface area contributed by atoms with Crippen LogP contribution in [0.3, 0.4) is 0 Å². The first kappa shape index (κ1) is 94.3. The molecule has 0 atom stereocenters. The first-order valence-electron chi connectivity index (χ1n) is 48.1. The van der Waals surface area contributed by atoms with E-state index >= 15 is 0 Å². The fourth-order valence-corrected chi connectivity index (χ4v) is 21.1. The van der Waals surface area contributed by atoms with Crippen molar-refractivity contribution in [1.82, 2.24) is 48.8 Å². The molecule has 0 bridgehead atoms. The number of aromatic nitrogens is 10. The second kappa shape index (κ2) is 38.7. The third-order valence-electron chi connectivity index (χ3n) is 28.2. The molecule has 0 fully saturated rings. The van der Waals surface area contributed by atoms with E-state index in [0.717, 1.165) is 116 Å². The van der Waals surface area contributed by atoms with Crippen LogP contribution in [0.15, 0.2) is 346 Å². The molecular weight excluding hydrogens is 1940 g/mol. The van der Waals surface area contributed by atoms with Crippen molar-refractivity contribution in [2.45, 2.75) is 108 Å². The van der Waals surface area contributed by atoms with Crippen LogP contribution in [0, 0.1) is 115 Å². The maximum Gasteiger partial charge on any atom is 2.00 e. The Morgan fingerprint density at radius 2 is 0.646 bits per heavy atom. The van der Waals surface area contributed by atoms with Gasteiger partial charge in [0, 0.05) is 89.6 Å². The molecule has 0 N–H and O–H groups in total. The van der Waals surface area contributed by atoms with Gasteiger partial charge in [-0.15, -0.1) is 30.3 Å². The van der Waals surface area contributed by atoms with Crippen molar-refractivity contribution in [2.24, 2.45) is 0 Å². The molecule has 0 saturated heterocycles. The number of fused-ring (bicyclic) bond motifs is 6. The SMILES string of the molecule is Cc1cc(C)c(-c2ccc(-c3nc(-c4ccc(-c5c(C)cc(C)cc5C)cc4)nc(-c4ccc(-c5c(C)cc(C)cc5C)cc4)n3)cc2)c(C)c1.Cc1nc2c3[c-]c(Oc4[c-]c(-n5c6ccccc6c6cccnc65)ccc4)ccc3c3cccc4c3n2c1C(C)(C)C4(C)C.N#Cc1cccc(-c2cccc(-c3nc(-c4cccc(-c5cccc(C#N)c5)c4)nc(-c4cccc(-c5cccc(C#N)c5)c4)n3)c2)c1.[Pt+2]. The van der Waals surface area contributed by atoms with Gasteiger partial charge in [0.25, 0.3) is 0 Å². The van der Waals surface area contributed by atoms with Crippen molar-refractivity contribution >= 4 is 49.3 Å². The molecule has 22 aromatic rings. The quantitative estimate of drug-likeness (QED) is 0.0697. The largest absolute Gasteiger partial charge is 2.00 e. The standard InChI is InChI=1S/C48H45N3.C42H24N6.C39H30N4O.Pt/c1-28-22-31(4)43(32(5)23-28)37-10-16-40(17-11-37)46-49-47(41-18-12-38(13-19-41)44-33(6)24-29(2)25-34(44)7)51-48(50-46)42-20-14-39(15-21-42)45-35(8)26-30(3)27-36(45)9;43-25-28-7-1-10-31(19-28)34-13-4-16-37(22-34)40-46-41(38-17-5-14-35(23-38)32-11-2-8-29(20-32)26-44)48-42(47-40)39-18-6-15-36(24-39)33-12-3-9-30(21-33)27-45;1-23-35-39(4,5)38(2,3)32-16-9-14-29-27-19-18-26(22-31(27)37(41-23)43(35)34(29)32)44-25-12-8-11-24(21-25)42-33-17-7-6-13-28(33)30-15-10-20-40-36(30)42;/h10-27H,1-9H3;1-24H;6-20H,1-5H3;/q;;-2;+2. The van der Waals surface area contributed by atoms with Gasteiger partial charge in [0.15, 0.2) is 34.9 Å². The van der Waals surface area contributed by atoms with Gasteiger partial charge in [-0.3, -0.25) is 4.98 Å². The van der Waals surface area contributed by atoms with Crippen molar-refractivity contribution in [3.8, 4) is 170 Å². The van der Waals surface area contributed by atoms with Gasteiger partial charge < -0.3 is 13.7 Å². The van der Waals surface area contributed by atoms with E-state index in [1.165, 1.54) is 106 Å². The topological polar surface area (TPSA) is 193 Å². The van der Waals surface area contributed by atoms with E-state index in [2.05, 4.69) is 300 Å². The molecule has 696 valence electrons. The van der Waals surface area contributed by atoms with Gasteiger partial charge in [0.05, 0.1) is 46.1 Å². The number of ether oxygens (including phenoxy) is 1. The molecule has 6 aromatic heterocycles. The van der Waals surface area contributed by atoms with Gasteiger partial charge in [-0.1, -0.05) is 303 Å². The minimum Gasteiger partial charge on any atom is -0.503 e. The van der Waals surface area contributed by atoms with Crippen LogP contribution in [0.2, 0.25) is 0 Å². The Kier molecular flexibility index (Phi) is 25.3. The Bertz CT molecular complexity index is 8340. The molecular formula is C129H99N13OPt. The normalized spacial score (nSPS) is 12.1. The Hall–Kier alpha value is -17.3. The number of imidazole rings is 1. The second-order valence-electron chi connectivity index (χ2n) is 38.5. The number of pyridine rings is 2. The average molecular weight is 2040 g/mol. The molecule has 7 heterocycles. The smallest absolute Gasteiger partial charge is 0.503 e. The van der Waals surface area contributed by atoms with E-state index < -0.39 is 0 Å². The van der Waals surface area contributed by atoms with Crippen LogP contribution in [0.1, 0.15) is 111 Å². The summed E-state index contributed by atoms with van der Waals surface area (Å²) in [6.45, 7) is 31.1. The number of hydrogen-bond acceptors (Lipinski definition) is 12. The monoisotopic (exact) mass is 2040 g/mol. The summed E-state index contributed by atoms with van der Waals surface area (Å²) < 4.78 is 11.0. The van der Waals surface area contributed by atoms with Gasteiger partial charge in [0.2, 0.25) is 0 Å². The summed E-state index contributed by atoms with van der Waals surface area (Å²) >= 11 is 0. The number of nitrogens with zero attached hydrogens (tertiary/aromatic N) is 13. The van der Waals surface area contributed by atoms with Crippen LogP contribution < -0.4 is 4.74 Å². The molecule has 1 aliphatic heterocycles. The van der Waals surface area contributed by atoms with E-state index in [1.807, 2.05) is 164 Å². The zero-order valence-corrected chi connectivity index (χ0v) is 84.7. The molecule has 144 heavy (non-hydrogen) atoms. The molecule has 0 aliphatic carbocycles. The van der Waals surface area contributed by atoms with E-state index in [1.54, 1.807) is 18.2 Å². The number of hydrogen-bond donors (Lipinski definition) is 0. The first-order chi connectivity index (χ1) is 69.3. The molecule has 15 heteroatoms. The predicted molar refractivity (Wildman–Crippen MR) is 579 cm³/mol. The molecule has 23 rings (SSSR count). The summed E-state index contributed by atoms with van der Waals surface area (Å²) in [4.78, 5) is 40.0. The van der Waals surface area contributed by atoms with Crippen LogP contribution >= 0.6 is 0 Å². The molecule has 14 nitrogen and oxygen atoms in total. The van der Waals surface area contributed by atoms with Gasteiger partial charge in [-0.2, -0.15) is 21.9 Å². The van der Waals surface area contributed by atoms with E-state index in [9.17, 15) is 15.8 Å². The summed E-state index contributed by atoms with van der Waals surface area (Å²) in [7, 11) is 0. The summed E-state index contributed by atoms with van der Waals surface area (Å²) in [5.41, 5.74) is 40.1. The van der Waals surface area contributed by atoms with Crippen LogP contribution in [-0.4, -0.2) is 48.8 Å². The molecule has 1 aliphatic rings. The molecule has 0 saturated carbocycles. The molecule has 0 unspecified atom stereocenters. The van der Waals surface area contributed by atoms with Gasteiger partial charge in [0.1, 0.15) is 5.65 Å². The number of rotatable bonds is 15. The number of benzene rings is 16. The van der Waals surface area contributed by atoms with Crippen LogP contribution in [0.4, 0.5) is 0 Å². The Morgan fingerprint density at radius 1 is 0.292 bits per heavy atom. The van der Waals surface area contributed by atoms with Crippen LogP contribution in [0.5, 0.6) is 11.5 Å². The van der Waals surface area contributed by atoms with Crippen molar-refractivity contribution in [3.63, 3.8) is 0 Å². The molecule has 0 radical (unpaired) electrons. The van der Waals surface area contributed by atoms with E-state index in [4.69, 9.17) is 44.6 Å². The fraction of sp³-hybridized carbons (Fsp3) is 0.124. The minimum atomic E-state index is -0.114. The third kappa shape index (κ3) is 17.9. The molecule has 0 amide bonds. The minimum absolute atomic E-state index is 0. The van der Waals surface area contributed by atoms with E-state index in [0.29, 0.717) is 63.1 Å². The number of nitriles is 3. The number of para-hydroxylation sites is 2. The Labute approximate surface area is 853 Å². The summed E-state index contributed by atoms with van der Waals surface area (Å²) in [6, 6.07) is 129. The van der Waals surface area contributed by atoms with Crippen molar-refractivity contribution in [1.29, 1.82) is 15.8 Å². The maximum absolute atomic E-state index is 9.45. The van der Waals surface area contributed by atoms with Gasteiger partial charge in [-0.05, 0) is 253 Å². The third-order valence-corrected chi connectivity index (χ3v) is 28.2. The zero-order chi connectivity index (χ0) is 98.8. The maximum atomic E-state index is 9.45. The zero-order valence-electron chi connectivity index (χ0n) is 82.4. The summed E-state index contributed by atoms with van der Waals surface area (Å²) in [5, 5.41) is 33.9. The fourth-order valence-electron chi connectivity index (χ4n) is 21.1. The first-order valence-corrected chi connectivity index (χ1v) is 48.1. The summed E-state index contributed by atoms with van der Waals surface area (Å²) in [5.74, 6) is 4.71. The van der Waals surface area contributed by atoms with Gasteiger partial charge >= 0.3 is 21.1 Å². The molecule has 16 aromatic carbocycles. The van der Waals surface area contributed by atoms with Crippen LogP contribution in [-0.2, 0) is 31.9 Å².